The van der Waals surface area contributed by atoms with Crippen LogP contribution in [-0.4, -0.2) is 18.4 Å². The highest BCUT2D eigenvalue weighted by Gasteiger charge is 2.41. The van der Waals surface area contributed by atoms with Gasteiger partial charge in [-0.25, -0.2) is 4.79 Å². The molecule has 4 rings (SSSR count). The van der Waals surface area contributed by atoms with E-state index in [-0.39, 0.29) is 17.7 Å². The van der Waals surface area contributed by atoms with Crippen molar-refractivity contribution in [1.82, 2.24) is 5.32 Å². The fourth-order valence-corrected chi connectivity index (χ4v) is 4.46. The normalized spacial score (nSPS) is 21.5. The maximum absolute atomic E-state index is 13.4. The summed E-state index contributed by atoms with van der Waals surface area (Å²) >= 11 is 0. The Bertz CT molecular complexity index is 989. The maximum Gasteiger partial charge on any atom is 0.336 e. The van der Waals surface area contributed by atoms with Gasteiger partial charge >= 0.3 is 5.97 Å². The Labute approximate surface area is 171 Å². The molecule has 1 N–H and O–H groups in total. The number of carbonyl (C=O) groups is 2. The number of hydrogen-bond acceptors (Lipinski definition) is 4. The van der Waals surface area contributed by atoms with E-state index in [0.29, 0.717) is 24.2 Å². The van der Waals surface area contributed by atoms with Gasteiger partial charge in [-0.05, 0) is 37.3 Å². The number of rotatable bonds is 4. The Hall–Kier alpha value is -3.14. The van der Waals surface area contributed by atoms with Gasteiger partial charge < -0.3 is 10.1 Å². The molecule has 2 atom stereocenters. The fraction of sp³-hybridized carbons (Fsp3) is 0.280. The second-order valence-electron chi connectivity index (χ2n) is 7.56. The lowest BCUT2D eigenvalue weighted by molar-refractivity contribution is -0.138. The zero-order valence-electron chi connectivity index (χ0n) is 16.8. The predicted octanol–water partition coefficient (Wildman–Crippen LogP) is 4.61. The van der Waals surface area contributed by atoms with Gasteiger partial charge in [-0.2, -0.15) is 0 Å². The van der Waals surface area contributed by atoms with Crippen LogP contribution in [0.3, 0.4) is 0 Å². The summed E-state index contributed by atoms with van der Waals surface area (Å²) in [5.74, 6) is -0.523. The first-order valence-corrected chi connectivity index (χ1v) is 10.1. The molecule has 0 bridgehead atoms. The van der Waals surface area contributed by atoms with E-state index in [2.05, 4.69) is 17.4 Å². The summed E-state index contributed by atoms with van der Waals surface area (Å²) in [6.07, 6.45) is 1.20. The predicted molar refractivity (Wildman–Crippen MR) is 112 cm³/mol. The highest BCUT2D eigenvalue weighted by molar-refractivity contribution is 6.04. The molecule has 2 aromatic rings. The lowest BCUT2D eigenvalue weighted by Gasteiger charge is -2.36. The minimum absolute atomic E-state index is 0.0933. The molecule has 0 saturated carbocycles. The first kappa shape index (κ1) is 19.2. The Morgan fingerprint density at radius 2 is 1.62 bits per heavy atom. The van der Waals surface area contributed by atoms with Crippen LogP contribution in [0.4, 0.5) is 0 Å². The van der Waals surface area contributed by atoms with Crippen LogP contribution >= 0.6 is 0 Å². The van der Waals surface area contributed by atoms with Crippen molar-refractivity contribution >= 4 is 11.8 Å². The first-order valence-electron chi connectivity index (χ1n) is 10.1. The zero-order chi connectivity index (χ0) is 20.4. The summed E-state index contributed by atoms with van der Waals surface area (Å²) in [5.41, 5.74) is 5.03. The summed E-state index contributed by atoms with van der Waals surface area (Å²) in [6.45, 7) is 3.98. The molecule has 29 heavy (non-hydrogen) atoms. The Balaban J connectivity index is 1.79. The van der Waals surface area contributed by atoms with Crippen molar-refractivity contribution in [3.8, 4) is 0 Å². The quantitative estimate of drug-likeness (QED) is 0.779. The van der Waals surface area contributed by atoms with Crippen LogP contribution in [0.2, 0.25) is 0 Å². The van der Waals surface area contributed by atoms with E-state index in [1.165, 1.54) is 5.56 Å². The molecule has 4 heteroatoms. The third kappa shape index (κ3) is 3.63. The minimum atomic E-state index is -0.393. The standard InChI is InChI=1S/C25H25NO3/c1-3-29-25(28)22-16(2)26-20-14-19(17-10-6-4-7-11-17)15-21(27)24(20)23(22)18-12-8-5-9-13-18/h4-13,19,23,26H,3,14-15H2,1-2H3/t19-,23+/m0/s1. The topological polar surface area (TPSA) is 55.4 Å². The number of dihydropyridines is 1. The van der Waals surface area contributed by atoms with E-state index < -0.39 is 5.92 Å². The average Bonchev–Trinajstić information content (AvgIpc) is 2.74. The molecule has 4 nitrogen and oxygen atoms in total. The monoisotopic (exact) mass is 387 g/mol. The van der Waals surface area contributed by atoms with E-state index in [1.807, 2.05) is 55.5 Å². The number of benzene rings is 2. The van der Waals surface area contributed by atoms with Gasteiger partial charge in [0.1, 0.15) is 0 Å². The molecule has 0 saturated heterocycles. The van der Waals surface area contributed by atoms with Gasteiger partial charge in [-0.3, -0.25) is 4.79 Å². The summed E-state index contributed by atoms with van der Waals surface area (Å²) in [4.78, 5) is 26.2. The van der Waals surface area contributed by atoms with Gasteiger partial charge in [0, 0.05) is 29.3 Å². The largest absolute Gasteiger partial charge is 0.463 e. The molecule has 0 aromatic heterocycles. The van der Waals surface area contributed by atoms with Gasteiger partial charge in [0.15, 0.2) is 5.78 Å². The molecule has 0 unspecified atom stereocenters. The van der Waals surface area contributed by atoms with Crippen molar-refractivity contribution in [1.29, 1.82) is 0 Å². The van der Waals surface area contributed by atoms with Crippen LogP contribution in [-0.2, 0) is 14.3 Å². The number of carbonyl (C=O) groups excluding carboxylic acids is 2. The van der Waals surface area contributed by atoms with Crippen LogP contribution in [0.15, 0.2) is 83.2 Å². The number of ketones is 1. The second-order valence-corrected chi connectivity index (χ2v) is 7.56. The number of nitrogens with one attached hydrogen (secondary N) is 1. The van der Waals surface area contributed by atoms with Crippen molar-refractivity contribution in [3.63, 3.8) is 0 Å². The number of Topliss-reactive ketones (excluding diaryl/α,β-unsaturated/α-hetero) is 1. The molecular weight excluding hydrogens is 362 g/mol. The first-order chi connectivity index (χ1) is 14.1. The van der Waals surface area contributed by atoms with E-state index >= 15 is 0 Å². The zero-order valence-corrected chi connectivity index (χ0v) is 16.8. The van der Waals surface area contributed by atoms with Crippen LogP contribution < -0.4 is 5.32 Å². The second kappa shape index (κ2) is 8.08. The number of ether oxygens (including phenoxy) is 1. The minimum Gasteiger partial charge on any atom is -0.463 e. The molecule has 0 amide bonds. The highest BCUT2D eigenvalue weighted by Crippen LogP contribution is 2.45. The summed E-state index contributed by atoms with van der Waals surface area (Å²) in [5, 5.41) is 3.38. The molecule has 0 radical (unpaired) electrons. The fourth-order valence-electron chi connectivity index (χ4n) is 4.46. The molecule has 0 spiro atoms. The van der Waals surface area contributed by atoms with E-state index in [4.69, 9.17) is 4.74 Å². The third-order valence-electron chi connectivity index (χ3n) is 5.73. The van der Waals surface area contributed by atoms with Gasteiger partial charge in [-0.15, -0.1) is 0 Å². The highest BCUT2D eigenvalue weighted by atomic mass is 16.5. The molecule has 1 aliphatic carbocycles. The van der Waals surface area contributed by atoms with Crippen molar-refractivity contribution in [3.05, 3.63) is 94.3 Å². The molecule has 2 aliphatic rings. The molecule has 1 heterocycles. The smallest absolute Gasteiger partial charge is 0.336 e. The van der Waals surface area contributed by atoms with Crippen LogP contribution in [0.1, 0.15) is 49.7 Å². The number of hydrogen-bond donors (Lipinski definition) is 1. The van der Waals surface area contributed by atoms with Crippen LogP contribution in [0.5, 0.6) is 0 Å². The Morgan fingerprint density at radius 3 is 2.24 bits per heavy atom. The third-order valence-corrected chi connectivity index (χ3v) is 5.73. The lowest BCUT2D eigenvalue weighted by Crippen LogP contribution is -2.36. The van der Waals surface area contributed by atoms with Gasteiger partial charge in [-0.1, -0.05) is 60.7 Å². The summed E-state index contributed by atoms with van der Waals surface area (Å²) in [7, 11) is 0. The number of allylic oxidation sites excluding steroid dienone is 3. The van der Waals surface area contributed by atoms with Crippen LogP contribution in [0.25, 0.3) is 0 Å². The Morgan fingerprint density at radius 1 is 1.00 bits per heavy atom. The van der Waals surface area contributed by atoms with Crippen molar-refractivity contribution in [2.45, 2.75) is 38.5 Å². The summed E-state index contributed by atoms with van der Waals surface area (Å²) < 4.78 is 5.34. The number of esters is 1. The molecule has 1 aliphatic heterocycles. The van der Waals surface area contributed by atoms with E-state index in [1.54, 1.807) is 6.92 Å². The summed E-state index contributed by atoms with van der Waals surface area (Å²) in [6, 6.07) is 19.9. The molecule has 0 fully saturated rings. The Kier molecular flexibility index (Phi) is 5.34. The van der Waals surface area contributed by atoms with Gasteiger partial charge in [0.05, 0.1) is 12.2 Å². The molecular formula is C25H25NO3. The van der Waals surface area contributed by atoms with E-state index in [9.17, 15) is 9.59 Å². The van der Waals surface area contributed by atoms with Crippen molar-refractivity contribution < 1.29 is 14.3 Å². The molecule has 148 valence electrons. The average molecular weight is 387 g/mol. The van der Waals surface area contributed by atoms with Gasteiger partial charge in [0.25, 0.3) is 0 Å². The maximum atomic E-state index is 13.4. The van der Waals surface area contributed by atoms with Gasteiger partial charge in [0.2, 0.25) is 0 Å². The molecule has 2 aromatic carbocycles. The van der Waals surface area contributed by atoms with E-state index in [0.717, 1.165) is 23.4 Å². The van der Waals surface area contributed by atoms with Crippen molar-refractivity contribution in [2.24, 2.45) is 0 Å². The van der Waals surface area contributed by atoms with Crippen molar-refractivity contribution in [2.75, 3.05) is 6.61 Å². The lowest BCUT2D eigenvalue weighted by atomic mass is 9.72. The SMILES string of the molecule is CCOC(=O)C1=C(C)NC2=C(C(=O)C[C@@H](c3ccccc3)C2)[C@@H]1c1ccccc1. The van der Waals surface area contributed by atoms with Crippen LogP contribution in [0, 0.1) is 0 Å².